The number of hydrogen-bond acceptors (Lipinski definition) is 7. The van der Waals surface area contributed by atoms with Crippen molar-refractivity contribution in [1.29, 1.82) is 0 Å². The van der Waals surface area contributed by atoms with Crippen LogP contribution in [0.25, 0.3) is 0 Å². The van der Waals surface area contributed by atoms with Crippen LogP contribution in [0, 0.1) is 5.82 Å². The van der Waals surface area contributed by atoms with Crippen LogP contribution in [0.15, 0.2) is 29.3 Å². The summed E-state index contributed by atoms with van der Waals surface area (Å²) in [4.78, 5) is 19.5. The summed E-state index contributed by atoms with van der Waals surface area (Å²) < 4.78 is 45.0. The Kier molecular flexibility index (Phi) is 8.56. The molecule has 1 unspecified atom stereocenters. The Morgan fingerprint density at radius 3 is 2.45 bits per heavy atom. The second kappa shape index (κ2) is 10.3. The predicted octanol–water partition coefficient (Wildman–Crippen LogP) is 4.50. The van der Waals surface area contributed by atoms with Gasteiger partial charge in [-0.05, 0) is 54.7 Å². The van der Waals surface area contributed by atoms with E-state index < -0.39 is 38.3 Å². The maximum atomic E-state index is 14.9. The summed E-state index contributed by atoms with van der Waals surface area (Å²) in [7, 11) is 0.604. The minimum absolute atomic E-state index is 0.160. The second-order valence-corrected chi connectivity index (χ2v) is 12.8. The molecule has 2 rings (SSSR count). The van der Waals surface area contributed by atoms with Crippen molar-refractivity contribution in [3.8, 4) is 0 Å². The molecule has 10 heteroatoms. The molecule has 1 aliphatic rings. The molecule has 0 aromatic heterocycles. The summed E-state index contributed by atoms with van der Waals surface area (Å²) in [6.07, 6.45) is -0.664. The van der Waals surface area contributed by atoms with Gasteiger partial charge in [0.25, 0.3) is 0 Å². The third kappa shape index (κ3) is 6.05. The fourth-order valence-corrected chi connectivity index (χ4v) is 6.21. The first kappa shape index (κ1) is 27.5. The molecule has 0 saturated carbocycles. The molecule has 2 atom stereocenters. The van der Waals surface area contributed by atoms with Crippen LogP contribution >= 0.6 is 10.5 Å². The highest BCUT2D eigenvalue weighted by Gasteiger charge is 2.54. The van der Waals surface area contributed by atoms with E-state index in [-0.39, 0.29) is 24.9 Å². The van der Waals surface area contributed by atoms with Crippen LogP contribution in [0.3, 0.4) is 0 Å². The van der Waals surface area contributed by atoms with Gasteiger partial charge in [-0.3, -0.25) is 9.71 Å². The number of carbonyl (C=O) groups excluding carboxylic acids is 1. The lowest BCUT2D eigenvalue weighted by Gasteiger charge is -2.55. The number of nitrogens with one attached hydrogen (secondary N) is 1. The molecule has 188 valence electrons. The lowest BCUT2D eigenvalue weighted by Crippen LogP contribution is -2.59. The van der Waals surface area contributed by atoms with E-state index in [0.717, 1.165) is 0 Å². The summed E-state index contributed by atoms with van der Waals surface area (Å²) >= 11 is 0. The minimum Gasteiger partial charge on any atom is -0.443 e. The number of methoxy groups -OCH3 is 1. The predicted molar refractivity (Wildman–Crippen MR) is 130 cm³/mol. The summed E-state index contributed by atoms with van der Waals surface area (Å²) in [5.74, 6) is -0.000454. The van der Waals surface area contributed by atoms with Crippen molar-refractivity contribution in [3.05, 3.63) is 35.6 Å². The maximum Gasteiger partial charge on any atom is 0.417 e. The number of ether oxygens (including phenoxy) is 3. The third-order valence-corrected chi connectivity index (χ3v) is 9.07. The highest BCUT2D eigenvalue weighted by Crippen LogP contribution is 2.60. The fraction of sp³-hybridized carbons (Fsp3) is 0.652. The molecule has 0 fully saturated rings. The van der Waals surface area contributed by atoms with Crippen LogP contribution in [-0.4, -0.2) is 71.6 Å². The third-order valence-electron chi connectivity index (χ3n) is 5.54. The normalized spacial score (nSPS) is 26.8. The molecule has 1 aromatic carbocycles. The molecule has 2 N–H and O–H groups in total. The smallest absolute Gasteiger partial charge is 0.417 e. The van der Waals surface area contributed by atoms with Gasteiger partial charge in [0.05, 0.1) is 23.5 Å². The number of aliphatic imine (C=N–C) groups is 1. The largest absolute Gasteiger partial charge is 0.443 e. The van der Waals surface area contributed by atoms with E-state index in [0.29, 0.717) is 12.2 Å². The zero-order valence-electron chi connectivity index (χ0n) is 20.9. The van der Waals surface area contributed by atoms with Crippen LogP contribution in [0.1, 0.15) is 47.1 Å². The van der Waals surface area contributed by atoms with E-state index in [4.69, 9.17) is 19.2 Å². The molecule has 33 heavy (non-hydrogen) atoms. The highest BCUT2D eigenvalue weighted by molar-refractivity contribution is 8.29. The Morgan fingerprint density at radius 2 is 1.91 bits per heavy atom. The Labute approximate surface area is 198 Å². The zero-order chi connectivity index (χ0) is 25.1. The quantitative estimate of drug-likeness (QED) is 0.435. The molecule has 0 aliphatic carbocycles. The van der Waals surface area contributed by atoms with Crippen LogP contribution < -0.4 is 4.72 Å². The number of carbonyl (C=O) groups is 1. The number of halogens is 1. The molecule has 1 amide bonds. The van der Waals surface area contributed by atoms with E-state index in [1.807, 2.05) is 13.8 Å². The number of amides is 1. The van der Waals surface area contributed by atoms with Crippen LogP contribution in [-0.2, 0) is 19.7 Å². The van der Waals surface area contributed by atoms with Gasteiger partial charge in [-0.25, -0.2) is 14.1 Å². The molecular weight excluding hydrogens is 449 g/mol. The molecule has 8 nitrogen and oxygen atoms in total. The number of amidine groups is 1. The Balaban J connectivity index is 2.65. The number of rotatable bonds is 7. The monoisotopic (exact) mass is 487 g/mol. The first-order chi connectivity index (χ1) is 15.2. The van der Waals surface area contributed by atoms with E-state index in [1.165, 1.54) is 11.0 Å². The molecule has 0 saturated heterocycles. The van der Waals surface area contributed by atoms with Gasteiger partial charge >= 0.3 is 6.09 Å². The van der Waals surface area contributed by atoms with Crippen molar-refractivity contribution < 1.29 is 27.9 Å². The topological polar surface area (TPSA) is 92.6 Å². The molecular formula is C23H38FN3O5S. The standard InChI is InChI=1S/C23H38FN3O5S/c1-21(2,3)32-20(28)27(16-31-14-13-30-8)19-22(4,5)33(29,25-7)15-23(6,26-19)17-11-9-10-12-18(17)24/h9-12,25,29H,13-16H2,1-8H3/t23-/m0/s1. The van der Waals surface area contributed by atoms with E-state index in [9.17, 15) is 13.7 Å². The fourth-order valence-electron chi connectivity index (χ4n) is 3.70. The van der Waals surface area contributed by atoms with E-state index in [2.05, 4.69) is 4.72 Å². The highest BCUT2D eigenvalue weighted by atomic mass is 32.3. The summed E-state index contributed by atoms with van der Waals surface area (Å²) in [5, 5.41) is 0. The molecule has 0 spiro atoms. The average Bonchev–Trinajstić information content (AvgIpc) is 2.70. The van der Waals surface area contributed by atoms with Gasteiger partial charge in [0.1, 0.15) is 24.0 Å². The van der Waals surface area contributed by atoms with Crippen molar-refractivity contribution in [1.82, 2.24) is 9.62 Å². The Bertz CT molecular complexity index is 876. The summed E-state index contributed by atoms with van der Waals surface area (Å²) in [6, 6.07) is 6.35. The number of hydrogen-bond donors (Lipinski definition) is 2. The molecule has 0 radical (unpaired) electrons. The zero-order valence-corrected chi connectivity index (χ0v) is 21.7. The Hall–Kier alpha value is -1.72. The van der Waals surface area contributed by atoms with Gasteiger partial charge in [0.15, 0.2) is 0 Å². The van der Waals surface area contributed by atoms with Crippen molar-refractivity contribution in [3.63, 3.8) is 0 Å². The van der Waals surface area contributed by atoms with Crippen LogP contribution in [0.5, 0.6) is 0 Å². The van der Waals surface area contributed by atoms with E-state index in [1.54, 1.807) is 60.1 Å². The lowest BCUT2D eigenvalue weighted by atomic mass is 9.93. The van der Waals surface area contributed by atoms with Gasteiger partial charge in [0.2, 0.25) is 0 Å². The van der Waals surface area contributed by atoms with Crippen LogP contribution in [0.4, 0.5) is 9.18 Å². The molecule has 1 aliphatic heterocycles. The molecule has 1 heterocycles. The molecule has 0 bridgehead atoms. The number of nitrogens with zero attached hydrogens (tertiary/aromatic N) is 2. The average molecular weight is 488 g/mol. The van der Waals surface area contributed by atoms with Crippen molar-refractivity contribution in [2.45, 2.75) is 57.4 Å². The molecule has 1 aromatic rings. The minimum atomic E-state index is -2.61. The number of benzene rings is 1. The van der Waals surface area contributed by atoms with Crippen LogP contribution in [0.2, 0.25) is 0 Å². The Morgan fingerprint density at radius 1 is 1.27 bits per heavy atom. The van der Waals surface area contributed by atoms with Crippen molar-refractivity contribution in [2.75, 3.05) is 39.9 Å². The lowest BCUT2D eigenvalue weighted by molar-refractivity contribution is -0.00310. The van der Waals surface area contributed by atoms with Gasteiger partial charge in [-0.2, -0.15) is 0 Å². The van der Waals surface area contributed by atoms with Gasteiger partial charge in [-0.15, -0.1) is 0 Å². The first-order valence-corrected chi connectivity index (χ1v) is 12.6. The van der Waals surface area contributed by atoms with Crippen molar-refractivity contribution >= 4 is 22.4 Å². The van der Waals surface area contributed by atoms with Crippen molar-refractivity contribution in [2.24, 2.45) is 4.99 Å². The second-order valence-electron chi connectivity index (χ2n) is 9.69. The first-order valence-electron chi connectivity index (χ1n) is 10.8. The maximum absolute atomic E-state index is 14.9. The van der Waals surface area contributed by atoms with Gasteiger partial charge in [0, 0.05) is 18.4 Å². The SMILES string of the molecule is CNS1(O)C[C@@](C)(c2ccccc2F)N=C(N(COCCOC)C(=O)OC(C)(C)C)C1(C)C. The summed E-state index contributed by atoms with van der Waals surface area (Å²) in [6.45, 7) is 11.1. The van der Waals surface area contributed by atoms with Gasteiger partial charge in [-0.1, -0.05) is 28.7 Å². The summed E-state index contributed by atoms with van der Waals surface area (Å²) in [5.41, 5.74) is -1.55. The van der Waals surface area contributed by atoms with Gasteiger partial charge < -0.3 is 18.8 Å². The van der Waals surface area contributed by atoms with E-state index >= 15 is 0 Å².